The zero-order valence-electron chi connectivity index (χ0n) is 13.9. The first-order valence-corrected chi connectivity index (χ1v) is 9.81. The van der Waals surface area contributed by atoms with E-state index in [-0.39, 0.29) is 10.3 Å². The average Bonchev–Trinajstić information content (AvgIpc) is 2.57. The number of amidine groups is 2. The van der Waals surface area contributed by atoms with E-state index in [9.17, 15) is 0 Å². The first-order chi connectivity index (χ1) is 12.0. The lowest BCUT2D eigenvalue weighted by Gasteiger charge is -2.17. The van der Waals surface area contributed by atoms with Crippen LogP contribution in [0.3, 0.4) is 0 Å². The Morgan fingerprint density at radius 2 is 1.28 bits per heavy atom. The van der Waals surface area contributed by atoms with Crippen LogP contribution in [0, 0.1) is 17.7 Å². The van der Waals surface area contributed by atoms with Gasteiger partial charge in [0.2, 0.25) is 0 Å². The smallest absolute Gasteiger partial charge is 0.151 e. The van der Waals surface area contributed by atoms with Crippen molar-refractivity contribution in [1.82, 2.24) is 0 Å². The maximum absolute atomic E-state index is 7.56. The third-order valence-corrected chi connectivity index (χ3v) is 5.63. The van der Waals surface area contributed by atoms with Gasteiger partial charge in [0.1, 0.15) is 0 Å². The van der Waals surface area contributed by atoms with Gasteiger partial charge in [-0.2, -0.15) is 0 Å². The van der Waals surface area contributed by atoms with Crippen molar-refractivity contribution in [3.8, 4) is 0 Å². The van der Waals surface area contributed by atoms with E-state index in [1.807, 2.05) is 12.1 Å². The fourth-order valence-electron chi connectivity index (χ4n) is 3.08. The Morgan fingerprint density at radius 3 is 1.80 bits per heavy atom. The molecule has 3 rings (SSSR count). The van der Waals surface area contributed by atoms with Gasteiger partial charge in [-0.05, 0) is 39.6 Å². The summed E-state index contributed by atoms with van der Waals surface area (Å²) in [6, 6.07) is 14.8. The molecule has 0 bridgehead atoms. The summed E-state index contributed by atoms with van der Waals surface area (Å²) >= 11 is 2.69. The van der Waals surface area contributed by atoms with Gasteiger partial charge in [0.05, 0.1) is 0 Å². The average molecular weight is 369 g/mol. The van der Waals surface area contributed by atoms with Crippen LogP contribution in [0.4, 0.5) is 0 Å². The van der Waals surface area contributed by atoms with Crippen molar-refractivity contribution in [3.05, 3.63) is 59.2 Å². The number of hydrogen-bond acceptors (Lipinski definition) is 4. The minimum Gasteiger partial charge on any atom is -0.379 e. The molecule has 3 aromatic rings. The van der Waals surface area contributed by atoms with Gasteiger partial charge >= 0.3 is 0 Å². The number of hydrogen-bond donors (Lipinski definition) is 4. The maximum Gasteiger partial charge on any atom is 0.151 e. The minimum atomic E-state index is 0.126. The van der Waals surface area contributed by atoms with Crippen LogP contribution in [0.5, 0.6) is 0 Å². The summed E-state index contributed by atoms with van der Waals surface area (Å²) in [5.41, 5.74) is 14.7. The third-order valence-electron chi connectivity index (χ3n) is 4.15. The largest absolute Gasteiger partial charge is 0.379 e. The summed E-state index contributed by atoms with van der Waals surface area (Å²) in [5.74, 6) is 1.32. The summed E-state index contributed by atoms with van der Waals surface area (Å²) in [7, 11) is 0. The second-order valence-electron chi connectivity index (χ2n) is 5.86. The van der Waals surface area contributed by atoms with Gasteiger partial charge in [0.15, 0.2) is 10.3 Å². The number of aryl methyl sites for hydroxylation is 1. The SMILES string of the molecule is Cc1ccc2c(CSC(=N)N)c3ccccc3c(CSC(=N)N)c2c1. The molecule has 0 amide bonds. The van der Waals surface area contributed by atoms with E-state index in [1.54, 1.807) is 0 Å². The van der Waals surface area contributed by atoms with E-state index >= 15 is 0 Å². The molecule has 0 aromatic heterocycles. The number of nitrogens with two attached hydrogens (primary N) is 2. The van der Waals surface area contributed by atoms with E-state index in [4.69, 9.17) is 22.3 Å². The van der Waals surface area contributed by atoms with Crippen molar-refractivity contribution in [2.75, 3.05) is 0 Å². The second-order valence-corrected chi connectivity index (χ2v) is 7.89. The highest BCUT2D eigenvalue weighted by atomic mass is 32.2. The Morgan fingerprint density at radius 1 is 0.800 bits per heavy atom. The third kappa shape index (κ3) is 3.75. The molecule has 0 aliphatic carbocycles. The van der Waals surface area contributed by atoms with Crippen LogP contribution in [0.25, 0.3) is 21.5 Å². The molecule has 0 spiro atoms. The Labute approximate surface area is 155 Å². The van der Waals surface area contributed by atoms with E-state index in [0.29, 0.717) is 11.5 Å². The molecule has 0 radical (unpaired) electrons. The fourth-order valence-corrected chi connectivity index (χ4v) is 4.30. The van der Waals surface area contributed by atoms with E-state index in [1.165, 1.54) is 61.8 Å². The van der Waals surface area contributed by atoms with Crippen LogP contribution in [0.2, 0.25) is 0 Å². The minimum absolute atomic E-state index is 0.126. The molecule has 0 fully saturated rings. The lowest BCUT2D eigenvalue weighted by Crippen LogP contribution is -2.05. The van der Waals surface area contributed by atoms with Crippen LogP contribution < -0.4 is 11.5 Å². The number of thioether (sulfide) groups is 2. The van der Waals surface area contributed by atoms with E-state index in [2.05, 4.69) is 37.3 Å². The molecule has 25 heavy (non-hydrogen) atoms. The molecule has 4 nitrogen and oxygen atoms in total. The quantitative estimate of drug-likeness (QED) is 0.308. The van der Waals surface area contributed by atoms with Gasteiger partial charge in [-0.3, -0.25) is 10.8 Å². The van der Waals surface area contributed by atoms with Gasteiger partial charge in [0, 0.05) is 11.5 Å². The van der Waals surface area contributed by atoms with Crippen LogP contribution in [-0.2, 0) is 11.5 Å². The van der Waals surface area contributed by atoms with Gasteiger partial charge in [-0.25, -0.2) is 0 Å². The highest BCUT2D eigenvalue weighted by Gasteiger charge is 2.14. The molecular formula is C19H20N4S2. The molecule has 6 N–H and O–H groups in total. The first-order valence-electron chi connectivity index (χ1n) is 7.84. The van der Waals surface area contributed by atoms with E-state index < -0.39 is 0 Å². The lowest BCUT2D eigenvalue weighted by molar-refractivity contribution is 1.43. The molecule has 0 heterocycles. The van der Waals surface area contributed by atoms with Gasteiger partial charge < -0.3 is 11.5 Å². The monoisotopic (exact) mass is 368 g/mol. The molecule has 0 aliphatic rings. The Bertz CT molecular complexity index is 982. The van der Waals surface area contributed by atoms with Crippen molar-refractivity contribution in [3.63, 3.8) is 0 Å². The highest BCUT2D eigenvalue weighted by molar-refractivity contribution is 8.13. The fraction of sp³-hybridized carbons (Fsp3) is 0.158. The summed E-state index contributed by atoms with van der Waals surface area (Å²) in [4.78, 5) is 0. The first kappa shape index (κ1) is 17.6. The Kier molecular flexibility index (Phi) is 5.20. The topological polar surface area (TPSA) is 99.7 Å². The summed E-state index contributed by atoms with van der Waals surface area (Å²) < 4.78 is 0. The van der Waals surface area contributed by atoms with Crippen molar-refractivity contribution in [2.24, 2.45) is 11.5 Å². The Hall–Kier alpha value is -2.18. The summed E-state index contributed by atoms with van der Waals surface area (Å²) in [6.07, 6.45) is 0. The van der Waals surface area contributed by atoms with Gasteiger partial charge in [-0.15, -0.1) is 0 Å². The molecule has 0 atom stereocenters. The number of benzene rings is 3. The number of rotatable bonds is 4. The normalized spacial score (nSPS) is 11.1. The lowest BCUT2D eigenvalue weighted by atomic mass is 9.92. The predicted molar refractivity (Wildman–Crippen MR) is 113 cm³/mol. The van der Waals surface area contributed by atoms with Crippen molar-refractivity contribution < 1.29 is 0 Å². The molecule has 6 heteroatoms. The predicted octanol–water partition coefficient (Wildman–Crippen LogP) is 4.55. The van der Waals surface area contributed by atoms with Gasteiger partial charge in [-0.1, -0.05) is 71.6 Å². The van der Waals surface area contributed by atoms with Crippen molar-refractivity contribution in [2.45, 2.75) is 18.4 Å². The molecule has 0 saturated carbocycles. The van der Waals surface area contributed by atoms with Crippen molar-refractivity contribution >= 4 is 55.4 Å². The summed E-state index contributed by atoms with van der Waals surface area (Å²) in [5, 5.41) is 20.1. The zero-order valence-corrected chi connectivity index (χ0v) is 15.6. The second kappa shape index (κ2) is 7.37. The van der Waals surface area contributed by atoms with Crippen LogP contribution >= 0.6 is 23.5 Å². The molecule has 0 unspecified atom stereocenters. The van der Waals surface area contributed by atoms with Crippen LogP contribution in [-0.4, -0.2) is 10.3 Å². The van der Waals surface area contributed by atoms with E-state index in [0.717, 1.165) is 0 Å². The standard InChI is InChI=1S/C19H20N4S2/c1-11-6-7-14-15(8-11)17(10-25-19(22)23)13-5-3-2-4-12(13)16(14)9-24-18(20)21/h2-8H,9-10H2,1H3,(H3,20,21)(H3,22,23). The molecule has 128 valence electrons. The molecule has 3 aromatic carbocycles. The van der Waals surface area contributed by atoms with Crippen LogP contribution in [0.1, 0.15) is 16.7 Å². The van der Waals surface area contributed by atoms with Crippen molar-refractivity contribution in [1.29, 1.82) is 10.8 Å². The summed E-state index contributed by atoms with van der Waals surface area (Å²) in [6.45, 7) is 2.08. The molecule has 0 saturated heterocycles. The Balaban J connectivity index is 2.32. The maximum atomic E-state index is 7.56. The number of nitrogens with one attached hydrogen (secondary N) is 2. The molecular weight excluding hydrogens is 348 g/mol. The van der Waals surface area contributed by atoms with Crippen LogP contribution in [0.15, 0.2) is 42.5 Å². The molecule has 0 aliphatic heterocycles. The highest BCUT2D eigenvalue weighted by Crippen LogP contribution is 2.37. The number of fused-ring (bicyclic) bond motifs is 2. The zero-order chi connectivity index (χ0) is 18.0. The van der Waals surface area contributed by atoms with Gasteiger partial charge in [0.25, 0.3) is 0 Å².